The summed E-state index contributed by atoms with van der Waals surface area (Å²) in [5.41, 5.74) is 1.18. The van der Waals surface area contributed by atoms with Crippen LogP contribution in [0.15, 0.2) is 53.7 Å². The number of amides is 2. The summed E-state index contributed by atoms with van der Waals surface area (Å²) in [5.74, 6) is -0.435. The second-order valence-corrected chi connectivity index (χ2v) is 7.14. The van der Waals surface area contributed by atoms with Crippen LogP contribution in [0.4, 0.5) is 4.79 Å². The number of fused-ring (bicyclic) bond motifs is 1. The maximum Gasteiger partial charge on any atom is 0.338 e. The van der Waals surface area contributed by atoms with E-state index in [1.807, 2.05) is 63.2 Å². The van der Waals surface area contributed by atoms with E-state index in [-0.39, 0.29) is 6.03 Å². The normalized spacial score (nSPS) is 17.9. The fourth-order valence-corrected chi connectivity index (χ4v) is 3.03. The molecular weight excluding hydrogens is 316 g/mol. The fourth-order valence-electron chi connectivity index (χ4n) is 3.03. The third-order valence-corrected chi connectivity index (χ3v) is 4.02. The number of carbonyl (C=O) groups is 2. The molecule has 0 fully saturated rings. The van der Waals surface area contributed by atoms with Crippen LogP contribution in [0.2, 0.25) is 0 Å². The third-order valence-electron chi connectivity index (χ3n) is 4.02. The SMILES string of the molecule is CC1=C(C(=O)OC(C)(C)C)[C@H](c2cccc3ccccc23)NC(=O)N1. The molecule has 130 valence electrons. The molecule has 1 atom stereocenters. The van der Waals surface area contributed by atoms with Gasteiger partial charge in [-0.15, -0.1) is 0 Å². The molecule has 0 aromatic heterocycles. The molecule has 2 N–H and O–H groups in total. The largest absolute Gasteiger partial charge is 0.456 e. The average Bonchev–Trinajstić information content (AvgIpc) is 2.51. The van der Waals surface area contributed by atoms with Crippen LogP contribution in [0.25, 0.3) is 10.8 Å². The molecule has 1 heterocycles. The highest BCUT2D eigenvalue weighted by molar-refractivity contribution is 5.97. The number of allylic oxidation sites excluding steroid dienone is 1. The molecule has 0 spiro atoms. The molecule has 0 saturated heterocycles. The summed E-state index contributed by atoms with van der Waals surface area (Å²) in [5, 5.41) is 7.58. The molecule has 5 nitrogen and oxygen atoms in total. The van der Waals surface area contributed by atoms with Crippen molar-refractivity contribution in [2.45, 2.75) is 39.3 Å². The van der Waals surface area contributed by atoms with Crippen molar-refractivity contribution >= 4 is 22.8 Å². The van der Waals surface area contributed by atoms with E-state index < -0.39 is 17.6 Å². The first kappa shape index (κ1) is 17.0. The van der Waals surface area contributed by atoms with Crippen molar-refractivity contribution in [3.05, 3.63) is 59.3 Å². The molecule has 1 aliphatic rings. The van der Waals surface area contributed by atoms with Crippen LogP contribution >= 0.6 is 0 Å². The predicted molar refractivity (Wildman–Crippen MR) is 96.9 cm³/mol. The van der Waals surface area contributed by atoms with Gasteiger partial charge in [-0.1, -0.05) is 42.5 Å². The van der Waals surface area contributed by atoms with Gasteiger partial charge in [-0.05, 0) is 44.0 Å². The molecule has 1 aliphatic heterocycles. The molecule has 0 aliphatic carbocycles. The maximum absolute atomic E-state index is 12.8. The minimum Gasteiger partial charge on any atom is -0.456 e. The summed E-state index contributed by atoms with van der Waals surface area (Å²) in [4.78, 5) is 24.8. The van der Waals surface area contributed by atoms with Crippen molar-refractivity contribution < 1.29 is 14.3 Å². The monoisotopic (exact) mass is 338 g/mol. The molecule has 0 saturated carbocycles. The molecule has 2 aromatic carbocycles. The molecule has 0 radical (unpaired) electrons. The van der Waals surface area contributed by atoms with Crippen molar-refractivity contribution in [2.24, 2.45) is 0 Å². The van der Waals surface area contributed by atoms with E-state index in [2.05, 4.69) is 10.6 Å². The Labute approximate surface area is 147 Å². The quantitative estimate of drug-likeness (QED) is 0.818. The first-order valence-corrected chi connectivity index (χ1v) is 8.25. The van der Waals surface area contributed by atoms with Crippen molar-refractivity contribution in [2.75, 3.05) is 0 Å². The Bertz CT molecular complexity index is 873. The number of ether oxygens (including phenoxy) is 1. The zero-order valence-electron chi connectivity index (χ0n) is 14.8. The second-order valence-electron chi connectivity index (χ2n) is 7.14. The Morgan fingerprint density at radius 3 is 2.48 bits per heavy atom. The molecule has 0 unspecified atom stereocenters. The molecule has 2 aromatic rings. The van der Waals surface area contributed by atoms with Gasteiger partial charge < -0.3 is 15.4 Å². The van der Waals surface area contributed by atoms with E-state index in [0.29, 0.717) is 11.3 Å². The zero-order valence-corrected chi connectivity index (χ0v) is 14.8. The van der Waals surface area contributed by atoms with Crippen molar-refractivity contribution in [3.8, 4) is 0 Å². The summed E-state index contributed by atoms with van der Waals surface area (Å²) in [6, 6.07) is 12.9. The summed E-state index contributed by atoms with van der Waals surface area (Å²) < 4.78 is 5.56. The topological polar surface area (TPSA) is 67.4 Å². The Hall–Kier alpha value is -2.82. The van der Waals surface area contributed by atoms with E-state index in [0.717, 1.165) is 16.3 Å². The number of nitrogens with one attached hydrogen (secondary N) is 2. The first-order valence-electron chi connectivity index (χ1n) is 8.25. The van der Waals surface area contributed by atoms with Gasteiger partial charge in [0.15, 0.2) is 0 Å². The van der Waals surface area contributed by atoms with Crippen LogP contribution in [-0.4, -0.2) is 17.6 Å². The fraction of sp³-hybridized carbons (Fsp3) is 0.300. The van der Waals surface area contributed by atoms with Crippen LogP contribution in [0.3, 0.4) is 0 Å². The Kier molecular flexibility index (Phi) is 4.25. The van der Waals surface area contributed by atoms with Gasteiger partial charge in [-0.3, -0.25) is 0 Å². The molecule has 3 rings (SSSR count). The van der Waals surface area contributed by atoms with E-state index in [9.17, 15) is 9.59 Å². The van der Waals surface area contributed by atoms with Gasteiger partial charge >= 0.3 is 12.0 Å². The van der Waals surface area contributed by atoms with Crippen LogP contribution < -0.4 is 10.6 Å². The summed E-state index contributed by atoms with van der Waals surface area (Å²) >= 11 is 0. The zero-order chi connectivity index (χ0) is 18.2. The van der Waals surface area contributed by atoms with E-state index in [1.54, 1.807) is 6.92 Å². The lowest BCUT2D eigenvalue weighted by molar-refractivity contribution is -0.150. The van der Waals surface area contributed by atoms with Crippen LogP contribution in [0, 0.1) is 0 Å². The average molecular weight is 338 g/mol. The Morgan fingerprint density at radius 2 is 1.76 bits per heavy atom. The van der Waals surface area contributed by atoms with E-state index in [1.165, 1.54) is 0 Å². The summed E-state index contributed by atoms with van der Waals surface area (Å²) in [7, 11) is 0. The van der Waals surface area contributed by atoms with Crippen LogP contribution in [0.1, 0.15) is 39.3 Å². The predicted octanol–water partition coefficient (Wildman–Crippen LogP) is 3.81. The highest BCUT2D eigenvalue weighted by atomic mass is 16.6. The van der Waals surface area contributed by atoms with Gasteiger partial charge in [0.25, 0.3) is 0 Å². The third kappa shape index (κ3) is 3.50. The number of rotatable bonds is 2. The number of urea groups is 1. The molecule has 2 amide bonds. The van der Waals surface area contributed by atoms with Gasteiger partial charge in [0.2, 0.25) is 0 Å². The van der Waals surface area contributed by atoms with Crippen molar-refractivity contribution in [1.82, 2.24) is 10.6 Å². The van der Waals surface area contributed by atoms with Crippen LogP contribution in [-0.2, 0) is 9.53 Å². The van der Waals surface area contributed by atoms with E-state index in [4.69, 9.17) is 4.74 Å². The Balaban J connectivity index is 2.12. The highest BCUT2D eigenvalue weighted by Gasteiger charge is 2.34. The number of carbonyl (C=O) groups excluding carboxylic acids is 2. The van der Waals surface area contributed by atoms with Crippen molar-refractivity contribution in [1.29, 1.82) is 0 Å². The van der Waals surface area contributed by atoms with Gasteiger partial charge in [0, 0.05) is 5.70 Å². The lowest BCUT2D eigenvalue weighted by Crippen LogP contribution is -2.46. The second kappa shape index (κ2) is 6.24. The molecule has 5 heteroatoms. The highest BCUT2D eigenvalue weighted by Crippen LogP contribution is 2.33. The molecule has 25 heavy (non-hydrogen) atoms. The number of hydrogen-bond donors (Lipinski definition) is 2. The summed E-state index contributed by atoms with van der Waals surface area (Å²) in [6.45, 7) is 7.18. The van der Waals surface area contributed by atoms with Gasteiger partial charge in [-0.25, -0.2) is 9.59 Å². The lowest BCUT2D eigenvalue weighted by Gasteiger charge is -2.30. The molecular formula is C20H22N2O3. The van der Waals surface area contributed by atoms with Crippen LogP contribution in [0.5, 0.6) is 0 Å². The summed E-state index contributed by atoms with van der Waals surface area (Å²) in [6.07, 6.45) is 0. The minimum absolute atomic E-state index is 0.331. The standard InChI is InChI=1S/C20H22N2O3/c1-12-16(18(23)25-20(2,3)4)17(22-19(24)21-12)15-11-7-9-13-8-5-6-10-14(13)15/h5-11,17H,1-4H3,(H2,21,22,24)/t17-/m0/s1. The van der Waals surface area contributed by atoms with Gasteiger partial charge in [-0.2, -0.15) is 0 Å². The minimum atomic E-state index is -0.616. The Morgan fingerprint density at radius 1 is 1.08 bits per heavy atom. The van der Waals surface area contributed by atoms with Gasteiger partial charge in [0.05, 0.1) is 11.6 Å². The first-order chi connectivity index (χ1) is 11.8. The smallest absolute Gasteiger partial charge is 0.338 e. The van der Waals surface area contributed by atoms with Gasteiger partial charge in [0.1, 0.15) is 5.60 Å². The van der Waals surface area contributed by atoms with E-state index >= 15 is 0 Å². The lowest BCUT2D eigenvalue weighted by atomic mass is 9.91. The number of esters is 1. The molecule has 0 bridgehead atoms. The number of benzene rings is 2. The number of hydrogen-bond acceptors (Lipinski definition) is 3. The maximum atomic E-state index is 12.8. The van der Waals surface area contributed by atoms with Crippen molar-refractivity contribution in [3.63, 3.8) is 0 Å².